The first-order valence-electron chi connectivity index (χ1n) is 7.67. The fourth-order valence-corrected chi connectivity index (χ4v) is 1.86. The summed E-state index contributed by atoms with van der Waals surface area (Å²) in [4.78, 5) is 4.12. The lowest BCUT2D eigenvalue weighted by atomic mass is 10.2. The van der Waals surface area contributed by atoms with Gasteiger partial charge >= 0.3 is 6.18 Å². The summed E-state index contributed by atoms with van der Waals surface area (Å²) in [6.45, 7) is 2.26. The Hall–Kier alpha value is -1.19. The second-order valence-electron chi connectivity index (χ2n) is 5.11. The van der Waals surface area contributed by atoms with Crippen molar-refractivity contribution < 1.29 is 17.9 Å². The third kappa shape index (κ3) is 10.6. The summed E-state index contributed by atoms with van der Waals surface area (Å²) < 4.78 is 40.9. The number of rotatable bonds is 8. The fraction of sp³-hybridized carbons (Fsp3) is 0.562. The van der Waals surface area contributed by atoms with Crippen LogP contribution < -0.4 is 15.4 Å². The van der Waals surface area contributed by atoms with Crippen LogP contribution in [0.3, 0.4) is 0 Å². The number of aliphatic imine (C=N–C) groups is 1. The van der Waals surface area contributed by atoms with E-state index in [4.69, 9.17) is 0 Å². The second kappa shape index (κ2) is 12.2. The lowest BCUT2D eigenvalue weighted by Gasteiger charge is -2.12. The smallest absolute Gasteiger partial charge is 0.422 e. The van der Waals surface area contributed by atoms with Crippen molar-refractivity contribution in [3.8, 4) is 5.75 Å². The number of ether oxygens (including phenoxy) is 1. The normalized spacial score (nSPS) is 11.6. The van der Waals surface area contributed by atoms with Crippen LogP contribution in [0.2, 0.25) is 0 Å². The van der Waals surface area contributed by atoms with Gasteiger partial charge in [-0.2, -0.15) is 13.2 Å². The van der Waals surface area contributed by atoms with E-state index >= 15 is 0 Å². The van der Waals surface area contributed by atoms with Gasteiger partial charge in [-0.1, -0.05) is 31.9 Å². The molecular weight excluding hydrogens is 434 g/mol. The van der Waals surface area contributed by atoms with Gasteiger partial charge in [0.15, 0.2) is 12.6 Å². The minimum atomic E-state index is -4.32. The van der Waals surface area contributed by atoms with E-state index in [-0.39, 0.29) is 29.7 Å². The minimum absolute atomic E-state index is 0. The van der Waals surface area contributed by atoms with Crippen LogP contribution in [0, 0.1) is 0 Å². The topological polar surface area (TPSA) is 45.7 Å². The van der Waals surface area contributed by atoms with E-state index in [1.165, 1.54) is 18.6 Å². The van der Waals surface area contributed by atoms with E-state index in [9.17, 15) is 13.2 Å². The van der Waals surface area contributed by atoms with Crippen molar-refractivity contribution in [3.05, 3.63) is 29.8 Å². The van der Waals surface area contributed by atoms with Crippen LogP contribution in [0.25, 0.3) is 0 Å². The zero-order chi connectivity index (χ0) is 17.1. The van der Waals surface area contributed by atoms with Crippen molar-refractivity contribution >= 4 is 29.9 Å². The quantitative estimate of drug-likeness (QED) is 0.266. The lowest BCUT2D eigenvalue weighted by Crippen LogP contribution is -2.37. The summed E-state index contributed by atoms with van der Waals surface area (Å²) in [6, 6.07) is 6.51. The van der Waals surface area contributed by atoms with Crippen molar-refractivity contribution in [2.24, 2.45) is 4.99 Å². The Morgan fingerprint density at radius 3 is 2.33 bits per heavy atom. The molecule has 0 bridgehead atoms. The lowest BCUT2D eigenvalue weighted by molar-refractivity contribution is -0.153. The number of nitrogens with one attached hydrogen (secondary N) is 2. The number of guanidine groups is 1. The summed E-state index contributed by atoms with van der Waals surface area (Å²) in [5, 5.41) is 6.37. The average Bonchev–Trinajstić information content (AvgIpc) is 2.52. The van der Waals surface area contributed by atoms with Crippen LogP contribution in [0.1, 0.15) is 31.7 Å². The molecule has 0 aliphatic heterocycles. The Bertz CT molecular complexity index is 478. The fourth-order valence-electron chi connectivity index (χ4n) is 1.86. The maximum Gasteiger partial charge on any atom is 0.422 e. The summed E-state index contributed by atoms with van der Waals surface area (Å²) in [6.07, 6.45) is -0.904. The number of hydrogen-bond donors (Lipinski definition) is 2. The van der Waals surface area contributed by atoms with Gasteiger partial charge in [0.25, 0.3) is 0 Å². The number of halogens is 4. The second-order valence-corrected chi connectivity index (χ2v) is 5.11. The van der Waals surface area contributed by atoms with Gasteiger partial charge in [-0.05, 0) is 24.1 Å². The van der Waals surface area contributed by atoms with Gasteiger partial charge in [-0.25, -0.2) is 0 Å². The molecule has 0 atom stereocenters. The van der Waals surface area contributed by atoms with E-state index in [1.54, 1.807) is 19.2 Å². The Morgan fingerprint density at radius 1 is 1.12 bits per heavy atom. The maximum absolute atomic E-state index is 12.1. The molecule has 0 spiro atoms. The first-order valence-corrected chi connectivity index (χ1v) is 7.67. The first-order chi connectivity index (χ1) is 10.9. The van der Waals surface area contributed by atoms with Crippen molar-refractivity contribution in [2.75, 3.05) is 20.2 Å². The van der Waals surface area contributed by atoms with Crippen LogP contribution in [0.5, 0.6) is 5.75 Å². The number of hydrogen-bond acceptors (Lipinski definition) is 2. The molecule has 0 aromatic heterocycles. The van der Waals surface area contributed by atoms with E-state index in [2.05, 4.69) is 27.3 Å². The molecule has 8 heteroatoms. The molecule has 0 fully saturated rings. The molecule has 0 saturated heterocycles. The van der Waals surface area contributed by atoms with Gasteiger partial charge in [0.05, 0.1) is 0 Å². The molecule has 1 rings (SSSR count). The van der Waals surface area contributed by atoms with Gasteiger partial charge in [0.1, 0.15) is 5.75 Å². The third-order valence-electron chi connectivity index (χ3n) is 3.08. The monoisotopic (exact) mass is 459 g/mol. The van der Waals surface area contributed by atoms with Gasteiger partial charge in [-0.3, -0.25) is 4.99 Å². The van der Waals surface area contributed by atoms with E-state index in [1.807, 2.05) is 0 Å². The number of unbranched alkanes of at least 4 members (excludes halogenated alkanes) is 2. The summed E-state index contributed by atoms with van der Waals surface area (Å²) in [5.74, 6) is 0.909. The van der Waals surface area contributed by atoms with E-state index in [0.29, 0.717) is 12.5 Å². The van der Waals surface area contributed by atoms with Crippen molar-refractivity contribution in [1.82, 2.24) is 10.6 Å². The van der Waals surface area contributed by atoms with Crippen LogP contribution >= 0.6 is 24.0 Å². The molecule has 0 heterocycles. The van der Waals surface area contributed by atoms with Crippen LogP contribution in [0.15, 0.2) is 29.3 Å². The van der Waals surface area contributed by atoms with E-state index in [0.717, 1.165) is 24.9 Å². The Kier molecular flexibility index (Phi) is 11.6. The highest BCUT2D eigenvalue weighted by Gasteiger charge is 2.28. The molecule has 0 aliphatic carbocycles. The number of alkyl halides is 3. The maximum atomic E-state index is 12.1. The highest BCUT2D eigenvalue weighted by molar-refractivity contribution is 14.0. The molecule has 138 valence electrons. The Labute approximate surface area is 158 Å². The predicted octanol–water partition coefficient (Wildman–Crippen LogP) is 4.10. The zero-order valence-electron chi connectivity index (χ0n) is 13.9. The molecule has 2 N–H and O–H groups in total. The molecule has 0 amide bonds. The van der Waals surface area contributed by atoms with Gasteiger partial charge in [0, 0.05) is 20.1 Å². The molecule has 4 nitrogen and oxygen atoms in total. The summed E-state index contributed by atoms with van der Waals surface area (Å²) in [7, 11) is 1.70. The molecule has 1 aromatic carbocycles. The molecule has 24 heavy (non-hydrogen) atoms. The van der Waals surface area contributed by atoms with Crippen LogP contribution in [-0.4, -0.2) is 32.3 Å². The SMILES string of the molecule is CCCCCNC(=NC)NCc1ccc(OCC(F)(F)F)cc1.I. The average molecular weight is 459 g/mol. The Balaban J connectivity index is 0.00000529. The molecular formula is C16H25F3IN3O. The zero-order valence-corrected chi connectivity index (χ0v) is 16.3. The third-order valence-corrected chi connectivity index (χ3v) is 3.08. The molecule has 0 unspecified atom stereocenters. The van der Waals surface area contributed by atoms with Crippen LogP contribution in [-0.2, 0) is 6.54 Å². The molecule has 0 radical (unpaired) electrons. The van der Waals surface area contributed by atoms with Gasteiger partial charge in [-0.15, -0.1) is 24.0 Å². The minimum Gasteiger partial charge on any atom is -0.484 e. The van der Waals surface area contributed by atoms with Crippen molar-refractivity contribution in [3.63, 3.8) is 0 Å². The Morgan fingerprint density at radius 2 is 1.79 bits per heavy atom. The van der Waals surface area contributed by atoms with Crippen molar-refractivity contribution in [2.45, 2.75) is 38.9 Å². The number of nitrogens with zero attached hydrogens (tertiary/aromatic N) is 1. The standard InChI is InChI=1S/C16H24F3N3O.HI/c1-3-4-5-10-21-15(20-2)22-11-13-6-8-14(9-7-13)23-12-16(17,18)19;/h6-9H,3-5,10-12H2,1-2H3,(H2,20,21,22);1H. The summed E-state index contributed by atoms with van der Waals surface area (Å²) >= 11 is 0. The highest BCUT2D eigenvalue weighted by atomic mass is 127. The van der Waals surface area contributed by atoms with Gasteiger partial charge < -0.3 is 15.4 Å². The van der Waals surface area contributed by atoms with Crippen molar-refractivity contribution in [1.29, 1.82) is 0 Å². The molecule has 0 aliphatic rings. The van der Waals surface area contributed by atoms with E-state index < -0.39 is 12.8 Å². The number of benzene rings is 1. The molecule has 0 saturated carbocycles. The predicted molar refractivity (Wildman–Crippen MR) is 101 cm³/mol. The van der Waals surface area contributed by atoms with Crippen LogP contribution in [0.4, 0.5) is 13.2 Å². The highest BCUT2D eigenvalue weighted by Crippen LogP contribution is 2.18. The van der Waals surface area contributed by atoms with Gasteiger partial charge in [0.2, 0.25) is 0 Å². The molecule has 1 aromatic rings. The first kappa shape index (κ1) is 22.8. The summed E-state index contributed by atoms with van der Waals surface area (Å²) in [5.41, 5.74) is 0.931. The largest absolute Gasteiger partial charge is 0.484 e.